The van der Waals surface area contributed by atoms with Gasteiger partial charge in [-0.2, -0.15) is 0 Å². The zero-order chi connectivity index (χ0) is 9.26. The van der Waals surface area contributed by atoms with Crippen molar-refractivity contribution in [2.75, 3.05) is 7.11 Å². The molecule has 0 aliphatic heterocycles. The van der Waals surface area contributed by atoms with E-state index in [1.807, 2.05) is 12.1 Å². The maximum Gasteiger partial charge on any atom is 0.176 e. The van der Waals surface area contributed by atoms with Crippen LogP contribution in [0.3, 0.4) is 0 Å². The van der Waals surface area contributed by atoms with E-state index in [0.717, 1.165) is 10.9 Å². The third kappa shape index (κ3) is 1.17. The molecule has 0 bridgehead atoms. The molecule has 0 saturated heterocycles. The van der Waals surface area contributed by atoms with Crippen molar-refractivity contribution < 1.29 is 14.3 Å². The first-order valence-corrected chi connectivity index (χ1v) is 4.00. The summed E-state index contributed by atoms with van der Waals surface area (Å²) in [5.41, 5.74) is 1.54. The lowest BCUT2D eigenvalue weighted by Gasteiger charge is -2.02. The van der Waals surface area contributed by atoms with Crippen LogP contribution in [0, 0.1) is 0 Å². The highest BCUT2D eigenvalue weighted by Gasteiger charge is 2.07. The van der Waals surface area contributed by atoms with E-state index >= 15 is 0 Å². The second-order valence-electron chi connectivity index (χ2n) is 2.75. The summed E-state index contributed by atoms with van der Waals surface area (Å²) < 4.78 is 10.4. The number of aliphatic hydroxyl groups excluding tert-OH is 1. The van der Waals surface area contributed by atoms with Crippen molar-refractivity contribution in [2.24, 2.45) is 0 Å². The first kappa shape index (κ1) is 8.13. The maximum atomic E-state index is 9.04. The summed E-state index contributed by atoms with van der Waals surface area (Å²) >= 11 is 0. The number of aliphatic hydroxyl groups is 1. The second kappa shape index (κ2) is 3.11. The van der Waals surface area contributed by atoms with Crippen LogP contribution in [0.15, 0.2) is 28.9 Å². The number of benzene rings is 1. The molecular formula is C10H10O3. The van der Waals surface area contributed by atoms with Crippen LogP contribution >= 0.6 is 0 Å². The Hall–Kier alpha value is -1.48. The maximum absolute atomic E-state index is 9.04. The van der Waals surface area contributed by atoms with Crippen molar-refractivity contribution in [3.63, 3.8) is 0 Å². The third-order valence-corrected chi connectivity index (χ3v) is 2.06. The van der Waals surface area contributed by atoms with Crippen molar-refractivity contribution in [3.8, 4) is 5.75 Å². The molecule has 0 spiro atoms. The molecule has 0 radical (unpaired) electrons. The Morgan fingerprint density at radius 1 is 1.38 bits per heavy atom. The van der Waals surface area contributed by atoms with Gasteiger partial charge in [-0.05, 0) is 17.7 Å². The molecule has 1 heterocycles. The highest BCUT2D eigenvalue weighted by Crippen LogP contribution is 2.29. The van der Waals surface area contributed by atoms with Gasteiger partial charge >= 0.3 is 0 Å². The van der Waals surface area contributed by atoms with Gasteiger partial charge in [0.2, 0.25) is 0 Å². The summed E-state index contributed by atoms with van der Waals surface area (Å²) in [6.45, 7) is 0.0139. The SMILES string of the molecule is COc1ccc(CO)c2ccoc12. The zero-order valence-corrected chi connectivity index (χ0v) is 7.28. The fourth-order valence-electron chi connectivity index (χ4n) is 1.39. The van der Waals surface area contributed by atoms with E-state index in [0.29, 0.717) is 11.3 Å². The van der Waals surface area contributed by atoms with Crippen LogP contribution in [0.4, 0.5) is 0 Å². The number of rotatable bonds is 2. The fourth-order valence-corrected chi connectivity index (χ4v) is 1.39. The van der Waals surface area contributed by atoms with Crippen LogP contribution in [0.2, 0.25) is 0 Å². The van der Waals surface area contributed by atoms with E-state index in [9.17, 15) is 0 Å². The lowest BCUT2D eigenvalue weighted by molar-refractivity contribution is 0.283. The number of ether oxygens (including phenoxy) is 1. The minimum Gasteiger partial charge on any atom is -0.493 e. The summed E-state index contributed by atoms with van der Waals surface area (Å²) in [6.07, 6.45) is 1.59. The summed E-state index contributed by atoms with van der Waals surface area (Å²) in [5, 5.41) is 9.94. The molecule has 1 aromatic carbocycles. The topological polar surface area (TPSA) is 42.6 Å². The quantitative estimate of drug-likeness (QED) is 0.764. The standard InChI is InChI=1S/C10H10O3/c1-12-9-3-2-7(6-11)8-4-5-13-10(8)9/h2-5,11H,6H2,1H3. The van der Waals surface area contributed by atoms with E-state index in [2.05, 4.69) is 0 Å². The fraction of sp³-hybridized carbons (Fsp3) is 0.200. The Morgan fingerprint density at radius 2 is 2.23 bits per heavy atom. The Balaban J connectivity index is 2.74. The highest BCUT2D eigenvalue weighted by molar-refractivity contribution is 5.86. The van der Waals surface area contributed by atoms with Gasteiger partial charge in [-0.3, -0.25) is 0 Å². The van der Waals surface area contributed by atoms with Gasteiger partial charge in [-0.15, -0.1) is 0 Å². The number of fused-ring (bicyclic) bond motifs is 1. The number of methoxy groups -OCH3 is 1. The molecular weight excluding hydrogens is 168 g/mol. The Labute approximate surface area is 75.5 Å². The molecule has 3 heteroatoms. The predicted molar refractivity (Wildman–Crippen MR) is 48.7 cm³/mol. The Morgan fingerprint density at radius 3 is 2.92 bits per heavy atom. The summed E-state index contributed by atoms with van der Waals surface area (Å²) in [6, 6.07) is 5.44. The normalized spacial score (nSPS) is 10.6. The smallest absolute Gasteiger partial charge is 0.176 e. The van der Waals surface area contributed by atoms with Crippen LogP contribution in [-0.2, 0) is 6.61 Å². The monoisotopic (exact) mass is 178 g/mol. The van der Waals surface area contributed by atoms with Gasteiger partial charge in [0, 0.05) is 5.39 Å². The Bertz CT molecular complexity index is 379. The Kier molecular flexibility index (Phi) is 1.94. The van der Waals surface area contributed by atoms with Crippen LogP contribution in [0.1, 0.15) is 5.56 Å². The third-order valence-electron chi connectivity index (χ3n) is 2.06. The zero-order valence-electron chi connectivity index (χ0n) is 7.28. The van der Waals surface area contributed by atoms with Gasteiger partial charge in [0.15, 0.2) is 11.3 Å². The average molecular weight is 178 g/mol. The molecule has 13 heavy (non-hydrogen) atoms. The van der Waals surface area contributed by atoms with Crippen molar-refractivity contribution >= 4 is 11.0 Å². The molecule has 0 atom stereocenters. The van der Waals surface area contributed by atoms with Crippen molar-refractivity contribution in [1.82, 2.24) is 0 Å². The predicted octanol–water partition coefficient (Wildman–Crippen LogP) is 1.93. The number of furan rings is 1. The first-order valence-electron chi connectivity index (χ1n) is 4.00. The minimum atomic E-state index is 0.0139. The van der Waals surface area contributed by atoms with Gasteiger partial charge < -0.3 is 14.3 Å². The van der Waals surface area contributed by atoms with E-state index in [1.165, 1.54) is 0 Å². The van der Waals surface area contributed by atoms with E-state index in [1.54, 1.807) is 19.4 Å². The van der Waals surface area contributed by atoms with E-state index in [-0.39, 0.29) is 6.61 Å². The van der Waals surface area contributed by atoms with E-state index < -0.39 is 0 Å². The van der Waals surface area contributed by atoms with Crippen LogP contribution in [0.25, 0.3) is 11.0 Å². The van der Waals surface area contributed by atoms with Crippen LogP contribution in [-0.4, -0.2) is 12.2 Å². The van der Waals surface area contributed by atoms with Gasteiger partial charge in [0.1, 0.15) is 0 Å². The van der Waals surface area contributed by atoms with Gasteiger partial charge in [0.05, 0.1) is 20.0 Å². The van der Waals surface area contributed by atoms with Crippen molar-refractivity contribution in [1.29, 1.82) is 0 Å². The first-order chi connectivity index (χ1) is 6.36. The molecule has 1 aromatic heterocycles. The molecule has 0 fully saturated rings. The second-order valence-corrected chi connectivity index (χ2v) is 2.75. The molecule has 3 nitrogen and oxygen atoms in total. The summed E-state index contributed by atoms with van der Waals surface area (Å²) in [7, 11) is 1.59. The molecule has 2 rings (SSSR count). The van der Waals surface area contributed by atoms with Gasteiger partial charge in [-0.1, -0.05) is 6.07 Å². The minimum absolute atomic E-state index is 0.0139. The summed E-state index contributed by atoms with van der Waals surface area (Å²) in [5.74, 6) is 0.692. The van der Waals surface area contributed by atoms with Crippen LogP contribution < -0.4 is 4.74 Å². The molecule has 0 amide bonds. The van der Waals surface area contributed by atoms with Gasteiger partial charge in [-0.25, -0.2) is 0 Å². The van der Waals surface area contributed by atoms with Crippen molar-refractivity contribution in [2.45, 2.75) is 6.61 Å². The number of hydrogen-bond donors (Lipinski definition) is 1. The number of hydrogen-bond acceptors (Lipinski definition) is 3. The molecule has 1 N–H and O–H groups in total. The molecule has 0 saturated carbocycles. The molecule has 2 aromatic rings. The summed E-state index contributed by atoms with van der Waals surface area (Å²) in [4.78, 5) is 0. The van der Waals surface area contributed by atoms with Gasteiger partial charge in [0.25, 0.3) is 0 Å². The molecule has 0 aliphatic rings. The lowest BCUT2D eigenvalue weighted by Crippen LogP contribution is -1.87. The van der Waals surface area contributed by atoms with Crippen LogP contribution in [0.5, 0.6) is 5.75 Å². The molecule has 68 valence electrons. The average Bonchev–Trinajstić information content (AvgIpc) is 2.64. The molecule has 0 aliphatic carbocycles. The van der Waals surface area contributed by atoms with E-state index in [4.69, 9.17) is 14.3 Å². The largest absolute Gasteiger partial charge is 0.493 e. The lowest BCUT2D eigenvalue weighted by atomic mass is 10.1. The highest BCUT2D eigenvalue weighted by atomic mass is 16.5. The van der Waals surface area contributed by atoms with Crippen molar-refractivity contribution in [3.05, 3.63) is 30.0 Å². The molecule has 0 unspecified atom stereocenters.